The zero-order chi connectivity index (χ0) is 45.5. The largest absolute Gasteiger partial charge is 0.462 e. The summed E-state index contributed by atoms with van der Waals surface area (Å²) >= 11 is 0. The maximum absolute atomic E-state index is 12.9. The lowest BCUT2D eigenvalue weighted by Crippen LogP contribution is -2.60. The van der Waals surface area contributed by atoms with Gasteiger partial charge in [-0.3, -0.25) is 14.1 Å². The van der Waals surface area contributed by atoms with Crippen molar-refractivity contribution in [2.75, 3.05) is 19.0 Å². The van der Waals surface area contributed by atoms with E-state index in [1.54, 1.807) is 0 Å². The predicted molar refractivity (Wildman–Crippen MR) is 247 cm³/mol. The first-order valence-corrected chi connectivity index (χ1v) is 26.5. The molecule has 62 heavy (non-hydrogen) atoms. The summed E-state index contributed by atoms with van der Waals surface area (Å²) in [5.74, 6) is -1.99. The molecule has 1 saturated heterocycles. The van der Waals surface area contributed by atoms with E-state index in [9.17, 15) is 37.9 Å². The van der Waals surface area contributed by atoms with E-state index < -0.39 is 71.2 Å². The van der Waals surface area contributed by atoms with Crippen LogP contribution in [0.25, 0.3) is 0 Å². The summed E-state index contributed by atoms with van der Waals surface area (Å²) in [6.45, 7) is 3.75. The van der Waals surface area contributed by atoms with E-state index in [-0.39, 0.29) is 19.4 Å². The van der Waals surface area contributed by atoms with Crippen molar-refractivity contribution in [2.24, 2.45) is 0 Å². The predicted octanol–water partition coefficient (Wildman–Crippen LogP) is 10.8. The molecule has 4 N–H and O–H groups in total. The molecule has 0 aromatic carbocycles. The Morgan fingerprint density at radius 1 is 0.532 bits per heavy atom. The van der Waals surface area contributed by atoms with Gasteiger partial charge in [0.25, 0.3) is 10.1 Å². The molecule has 0 aliphatic carbocycles. The van der Waals surface area contributed by atoms with Gasteiger partial charge >= 0.3 is 11.9 Å². The lowest BCUT2D eigenvalue weighted by Gasteiger charge is -2.40. The van der Waals surface area contributed by atoms with Crippen molar-refractivity contribution in [3.8, 4) is 0 Å². The number of hydrogen-bond donors (Lipinski definition) is 4. The molecular formula is C49H90O12S. The number of unbranched alkanes of at least 4 members (excludes halogenated alkanes) is 26. The fourth-order valence-corrected chi connectivity index (χ4v) is 8.30. The van der Waals surface area contributed by atoms with E-state index in [0.717, 1.165) is 57.8 Å². The van der Waals surface area contributed by atoms with Gasteiger partial charge in [0.2, 0.25) is 0 Å². The fourth-order valence-electron chi connectivity index (χ4n) is 7.61. The second-order valence-electron chi connectivity index (χ2n) is 17.5. The van der Waals surface area contributed by atoms with Crippen LogP contribution < -0.4 is 0 Å². The number of allylic oxidation sites excluding steroid dienone is 4. The van der Waals surface area contributed by atoms with E-state index in [1.165, 1.54) is 122 Å². The van der Waals surface area contributed by atoms with Crippen LogP contribution in [0, 0.1) is 0 Å². The Hall–Kier alpha value is -1.87. The van der Waals surface area contributed by atoms with Crippen LogP contribution in [0.1, 0.15) is 219 Å². The number of carbonyl (C=O) groups is 2. The smallest absolute Gasteiger partial charge is 0.306 e. The molecule has 13 heteroatoms. The molecule has 364 valence electrons. The molecule has 0 aromatic rings. The molecule has 1 rings (SSSR count). The summed E-state index contributed by atoms with van der Waals surface area (Å²) in [7, 11) is -4.60. The molecule has 1 heterocycles. The van der Waals surface area contributed by atoms with Crippen molar-refractivity contribution in [2.45, 2.75) is 256 Å². The minimum Gasteiger partial charge on any atom is -0.462 e. The molecule has 0 radical (unpaired) electrons. The van der Waals surface area contributed by atoms with Gasteiger partial charge in [0.05, 0.1) is 6.61 Å². The average molecular weight is 903 g/mol. The van der Waals surface area contributed by atoms with Crippen molar-refractivity contribution in [3.05, 3.63) is 24.3 Å². The van der Waals surface area contributed by atoms with Crippen molar-refractivity contribution in [1.29, 1.82) is 0 Å². The second kappa shape index (κ2) is 39.5. The first kappa shape index (κ1) is 58.1. The van der Waals surface area contributed by atoms with Gasteiger partial charge in [-0.15, -0.1) is 0 Å². The fraction of sp³-hybridized carbons (Fsp3) is 0.878. The Morgan fingerprint density at radius 2 is 0.919 bits per heavy atom. The van der Waals surface area contributed by atoms with E-state index in [0.29, 0.717) is 12.8 Å². The molecule has 0 saturated carbocycles. The van der Waals surface area contributed by atoms with E-state index in [2.05, 4.69) is 38.2 Å². The van der Waals surface area contributed by atoms with Gasteiger partial charge in [-0.25, -0.2) is 0 Å². The molecule has 0 spiro atoms. The number of aliphatic hydroxyl groups excluding tert-OH is 3. The number of esters is 2. The summed E-state index contributed by atoms with van der Waals surface area (Å²) < 4.78 is 54.1. The topological polar surface area (TPSA) is 186 Å². The van der Waals surface area contributed by atoms with Crippen LogP contribution in [0.15, 0.2) is 24.3 Å². The highest BCUT2D eigenvalue weighted by molar-refractivity contribution is 7.85. The zero-order valence-electron chi connectivity index (χ0n) is 39.0. The van der Waals surface area contributed by atoms with Crippen LogP contribution in [0.4, 0.5) is 0 Å². The molecule has 1 aliphatic rings. The van der Waals surface area contributed by atoms with Crippen molar-refractivity contribution < 1.29 is 56.8 Å². The van der Waals surface area contributed by atoms with Crippen molar-refractivity contribution >= 4 is 22.1 Å². The lowest BCUT2D eigenvalue weighted by atomic mass is 10.00. The molecule has 0 amide bonds. The Bertz CT molecular complexity index is 1240. The van der Waals surface area contributed by atoms with Gasteiger partial charge in [0, 0.05) is 12.8 Å². The van der Waals surface area contributed by atoms with Gasteiger partial charge in [-0.1, -0.05) is 167 Å². The highest BCUT2D eigenvalue weighted by Gasteiger charge is 2.46. The molecular weight excluding hydrogens is 813 g/mol. The molecule has 6 atom stereocenters. The zero-order valence-corrected chi connectivity index (χ0v) is 39.8. The quantitative estimate of drug-likeness (QED) is 0.0197. The highest BCUT2D eigenvalue weighted by Crippen LogP contribution is 2.24. The van der Waals surface area contributed by atoms with Crippen LogP contribution in [0.3, 0.4) is 0 Å². The Balaban J connectivity index is 2.37. The van der Waals surface area contributed by atoms with Gasteiger partial charge in [0.15, 0.2) is 12.4 Å². The maximum atomic E-state index is 12.9. The minimum atomic E-state index is -4.60. The van der Waals surface area contributed by atoms with Gasteiger partial charge < -0.3 is 34.3 Å². The first-order valence-electron chi connectivity index (χ1n) is 24.9. The maximum Gasteiger partial charge on any atom is 0.306 e. The Labute approximate surface area is 377 Å². The number of hydrogen-bond acceptors (Lipinski definition) is 11. The number of carbonyl (C=O) groups excluding carboxylic acids is 2. The number of aliphatic hydroxyl groups is 3. The van der Waals surface area contributed by atoms with Crippen LogP contribution >= 0.6 is 0 Å². The summed E-state index contributed by atoms with van der Waals surface area (Å²) in [5.41, 5.74) is 0. The van der Waals surface area contributed by atoms with Crippen molar-refractivity contribution in [3.63, 3.8) is 0 Å². The molecule has 1 aliphatic heterocycles. The van der Waals surface area contributed by atoms with Gasteiger partial charge in [-0.2, -0.15) is 8.42 Å². The third-order valence-electron chi connectivity index (χ3n) is 11.5. The average Bonchev–Trinajstić information content (AvgIpc) is 3.24. The molecule has 0 bridgehead atoms. The van der Waals surface area contributed by atoms with Gasteiger partial charge in [0.1, 0.15) is 36.8 Å². The molecule has 12 nitrogen and oxygen atoms in total. The number of rotatable bonds is 42. The highest BCUT2D eigenvalue weighted by atomic mass is 32.2. The second-order valence-corrected chi connectivity index (χ2v) is 19.0. The Morgan fingerprint density at radius 3 is 1.35 bits per heavy atom. The first-order chi connectivity index (χ1) is 30.0. The summed E-state index contributed by atoms with van der Waals surface area (Å²) in [6, 6.07) is 0. The normalized spacial score (nSPS) is 20.0. The number of ether oxygens (including phenoxy) is 4. The van der Waals surface area contributed by atoms with Crippen molar-refractivity contribution in [1.82, 2.24) is 0 Å². The SMILES string of the molecule is CCCCCC/C=C/CCCCCCCC(=O)OC[C@H](CO[C@H]1O[C@H](CS(=O)(=O)O)[C@@H](O)C(O)C1O)OC(=O)CCCCCCCCCCCCC/C=C/CCCCCCCC. The minimum absolute atomic E-state index is 0.164. The molecule has 2 unspecified atom stereocenters. The van der Waals surface area contributed by atoms with Crippen LogP contribution in [0.5, 0.6) is 0 Å². The van der Waals surface area contributed by atoms with E-state index >= 15 is 0 Å². The molecule has 1 fully saturated rings. The third-order valence-corrected chi connectivity index (χ3v) is 12.3. The van der Waals surface area contributed by atoms with Crippen LogP contribution in [-0.2, 0) is 38.7 Å². The van der Waals surface area contributed by atoms with Crippen LogP contribution in [-0.4, -0.2) is 96.0 Å². The van der Waals surface area contributed by atoms with Gasteiger partial charge in [-0.05, 0) is 64.2 Å². The molecule has 0 aromatic heterocycles. The Kier molecular flexibility index (Phi) is 37.0. The standard InChI is InChI=1S/C49H90O12S/c1-3-5-7-9-11-13-15-17-18-19-20-21-22-23-24-26-28-30-32-34-36-38-45(51)60-42(40-59-49-48(54)47(53)46(52)43(61-49)41-62(55,56)57)39-58-44(50)37-35-33-31-29-27-25-16-14-12-10-8-6-4-2/h14,16-18,42-43,46-49,52-54H,3-13,15,19-41H2,1-2H3,(H,55,56,57)/b16-14+,18-17+/t42-,43-,46-,47?,48?,49+/m1/s1. The summed E-state index contributed by atoms with van der Waals surface area (Å²) in [5, 5.41) is 30.9. The van der Waals surface area contributed by atoms with Crippen LogP contribution in [0.2, 0.25) is 0 Å². The summed E-state index contributed by atoms with van der Waals surface area (Å²) in [6.07, 6.45) is 35.1. The third kappa shape index (κ3) is 33.6. The van der Waals surface area contributed by atoms with E-state index in [1.807, 2.05) is 0 Å². The monoisotopic (exact) mass is 903 g/mol. The summed E-state index contributed by atoms with van der Waals surface area (Å²) in [4.78, 5) is 25.5. The lowest BCUT2D eigenvalue weighted by molar-refractivity contribution is -0.297. The van der Waals surface area contributed by atoms with E-state index in [4.69, 9.17) is 18.9 Å².